The molecule has 1 unspecified atom stereocenters. The van der Waals surface area contributed by atoms with Gasteiger partial charge in [0.1, 0.15) is 11.9 Å². The second-order valence-electron chi connectivity index (χ2n) is 6.79. The molecule has 0 spiro atoms. The summed E-state index contributed by atoms with van der Waals surface area (Å²) in [6.07, 6.45) is 7.64. The lowest BCUT2D eigenvalue weighted by atomic mass is 9.95. The number of carbonyl (C=O) groups is 1. The van der Waals surface area contributed by atoms with E-state index in [-0.39, 0.29) is 17.9 Å². The number of hydrogen-bond donors (Lipinski definition) is 0. The van der Waals surface area contributed by atoms with Crippen LogP contribution in [0.1, 0.15) is 25.7 Å². The molecule has 0 aromatic carbocycles. The van der Waals surface area contributed by atoms with E-state index in [4.69, 9.17) is 4.74 Å². The maximum atomic E-state index is 12.8. The number of hydrogen-bond acceptors (Lipinski definition) is 5. The van der Waals surface area contributed by atoms with Crippen LogP contribution in [0.4, 0.5) is 0 Å². The summed E-state index contributed by atoms with van der Waals surface area (Å²) in [5, 5.41) is 0. The maximum Gasteiger partial charge on any atom is 0.225 e. The zero-order valence-electron chi connectivity index (χ0n) is 14.5. The van der Waals surface area contributed by atoms with Crippen LogP contribution in [0.3, 0.4) is 0 Å². The molecule has 138 valence electrons. The molecule has 0 saturated carbocycles. The van der Waals surface area contributed by atoms with Gasteiger partial charge < -0.3 is 9.64 Å². The van der Waals surface area contributed by atoms with E-state index in [9.17, 15) is 13.2 Å². The van der Waals surface area contributed by atoms with Gasteiger partial charge in [-0.05, 0) is 37.8 Å². The highest BCUT2D eigenvalue weighted by Crippen LogP contribution is 2.24. The second kappa shape index (κ2) is 7.70. The molecule has 3 rings (SSSR count). The Morgan fingerprint density at radius 2 is 1.84 bits per heavy atom. The van der Waals surface area contributed by atoms with E-state index in [1.165, 1.54) is 10.6 Å². The third kappa shape index (κ3) is 4.70. The zero-order chi connectivity index (χ0) is 17.9. The molecule has 8 heteroatoms. The minimum Gasteiger partial charge on any atom is -0.488 e. The van der Waals surface area contributed by atoms with Crippen LogP contribution in [0, 0.1) is 5.92 Å². The standard InChI is InChI=1S/C17H25N3O4S/c1-25(22,23)20-11-6-14(7-12-20)17(21)19-10-2-3-16(13-19)24-15-4-8-18-9-5-15/h4-5,8-9,14,16H,2-3,6-7,10-13H2,1H3. The first-order valence-electron chi connectivity index (χ1n) is 8.74. The van der Waals surface area contributed by atoms with E-state index in [0.717, 1.165) is 25.1 Å². The smallest absolute Gasteiger partial charge is 0.225 e. The minimum absolute atomic E-state index is 0.00351. The molecular formula is C17H25N3O4S. The van der Waals surface area contributed by atoms with E-state index in [1.54, 1.807) is 12.4 Å². The van der Waals surface area contributed by atoms with Crippen LogP contribution in [0.2, 0.25) is 0 Å². The molecule has 7 nitrogen and oxygen atoms in total. The Labute approximate surface area is 149 Å². The van der Waals surface area contributed by atoms with Crippen LogP contribution >= 0.6 is 0 Å². The summed E-state index contributed by atoms with van der Waals surface area (Å²) >= 11 is 0. The molecule has 2 saturated heterocycles. The average molecular weight is 367 g/mol. The van der Waals surface area contributed by atoms with Gasteiger partial charge in [-0.2, -0.15) is 0 Å². The SMILES string of the molecule is CS(=O)(=O)N1CCC(C(=O)N2CCCC(Oc3ccncc3)C2)CC1. The van der Waals surface area contributed by atoms with Crippen LogP contribution < -0.4 is 4.74 Å². The zero-order valence-corrected chi connectivity index (χ0v) is 15.3. The Kier molecular flexibility index (Phi) is 5.58. The Hall–Kier alpha value is -1.67. The number of sulfonamides is 1. The number of carbonyl (C=O) groups excluding carboxylic acids is 1. The van der Waals surface area contributed by atoms with Crippen molar-refractivity contribution in [1.29, 1.82) is 0 Å². The number of pyridine rings is 1. The first kappa shape index (κ1) is 18.1. The average Bonchev–Trinajstić information content (AvgIpc) is 2.61. The molecule has 2 fully saturated rings. The fourth-order valence-corrected chi connectivity index (χ4v) is 4.41. The second-order valence-corrected chi connectivity index (χ2v) is 8.77. The summed E-state index contributed by atoms with van der Waals surface area (Å²) in [4.78, 5) is 18.7. The van der Waals surface area contributed by atoms with Gasteiger partial charge in [0.25, 0.3) is 0 Å². The van der Waals surface area contributed by atoms with Gasteiger partial charge in [-0.15, -0.1) is 0 Å². The predicted octanol–water partition coefficient (Wildman–Crippen LogP) is 1.12. The molecule has 25 heavy (non-hydrogen) atoms. The molecule has 0 N–H and O–H groups in total. The number of likely N-dealkylation sites (tertiary alicyclic amines) is 1. The van der Waals surface area contributed by atoms with Crippen molar-refractivity contribution in [3.8, 4) is 5.75 Å². The summed E-state index contributed by atoms with van der Waals surface area (Å²) in [5.41, 5.74) is 0. The van der Waals surface area contributed by atoms with E-state index in [0.29, 0.717) is 32.5 Å². The van der Waals surface area contributed by atoms with Crippen LogP contribution in [-0.4, -0.2) is 67.1 Å². The summed E-state index contributed by atoms with van der Waals surface area (Å²) in [5.74, 6) is 0.824. The number of nitrogens with zero attached hydrogens (tertiary/aromatic N) is 3. The van der Waals surface area contributed by atoms with E-state index < -0.39 is 10.0 Å². The van der Waals surface area contributed by atoms with Gasteiger partial charge in [0.2, 0.25) is 15.9 Å². The van der Waals surface area contributed by atoms with Crippen LogP contribution in [-0.2, 0) is 14.8 Å². The first-order valence-corrected chi connectivity index (χ1v) is 10.6. The van der Waals surface area contributed by atoms with Gasteiger partial charge in [-0.1, -0.05) is 0 Å². The largest absolute Gasteiger partial charge is 0.488 e. The van der Waals surface area contributed by atoms with Crippen molar-refractivity contribution in [3.05, 3.63) is 24.5 Å². The van der Waals surface area contributed by atoms with Crippen molar-refractivity contribution in [2.24, 2.45) is 5.92 Å². The van der Waals surface area contributed by atoms with Gasteiger partial charge in [-0.3, -0.25) is 9.78 Å². The summed E-state index contributed by atoms with van der Waals surface area (Å²) < 4.78 is 30.6. The topological polar surface area (TPSA) is 79.8 Å². The van der Waals surface area contributed by atoms with Crippen LogP contribution in [0.15, 0.2) is 24.5 Å². The molecule has 1 aromatic rings. The highest BCUT2D eigenvalue weighted by atomic mass is 32.2. The van der Waals surface area contributed by atoms with Gasteiger partial charge in [0.05, 0.1) is 12.8 Å². The van der Waals surface area contributed by atoms with E-state index in [1.807, 2.05) is 17.0 Å². The molecule has 1 amide bonds. The molecule has 2 aliphatic rings. The fraction of sp³-hybridized carbons (Fsp3) is 0.647. The Balaban J connectivity index is 1.54. The predicted molar refractivity (Wildman–Crippen MR) is 93.6 cm³/mol. The van der Waals surface area contributed by atoms with Crippen LogP contribution in [0.25, 0.3) is 0 Å². The van der Waals surface area contributed by atoms with Crippen LogP contribution in [0.5, 0.6) is 5.75 Å². The number of rotatable bonds is 4. The number of amides is 1. The van der Waals surface area contributed by atoms with Crippen molar-refractivity contribution < 1.29 is 17.9 Å². The third-order valence-corrected chi connectivity index (χ3v) is 6.22. The first-order chi connectivity index (χ1) is 11.9. The maximum absolute atomic E-state index is 12.8. The van der Waals surface area contributed by atoms with Gasteiger partial charge in [-0.25, -0.2) is 12.7 Å². The molecule has 0 bridgehead atoms. The monoisotopic (exact) mass is 367 g/mol. The van der Waals surface area contributed by atoms with Crippen molar-refractivity contribution in [2.45, 2.75) is 31.8 Å². The van der Waals surface area contributed by atoms with E-state index in [2.05, 4.69) is 4.98 Å². The summed E-state index contributed by atoms with van der Waals surface area (Å²) in [7, 11) is -3.16. The van der Waals surface area contributed by atoms with Crippen molar-refractivity contribution in [2.75, 3.05) is 32.4 Å². The molecule has 1 atom stereocenters. The Morgan fingerprint density at radius 1 is 1.16 bits per heavy atom. The quantitative estimate of drug-likeness (QED) is 0.797. The molecule has 0 aliphatic carbocycles. The van der Waals surface area contributed by atoms with Crippen molar-refractivity contribution in [1.82, 2.24) is 14.2 Å². The molecule has 0 radical (unpaired) electrons. The summed E-state index contributed by atoms with van der Waals surface area (Å²) in [6.45, 7) is 2.20. The normalized spacial score (nSPS) is 23.4. The Bertz CT molecular complexity index is 687. The van der Waals surface area contributed by atoms with E-state index >= 15 is 0 Å². The minimum atomic E-state index is -3.16. The van der Waals surface area contributed by atoms with Gasteiger partial charge in [0, 0.05) is 37.9 Å². The lowest BCUT2D eigenvalue weighted by Crippen LogP contribution is -2.49. The summed E-state index contributed by atoms with van der Waals surface area (Å²) in [6, 6.07) is 3.64. The molecule has 3 heterocycles. The lowest BCUT2D eigenvalue weighted by Gasteiger charge is -2.37. The lowest BCUT2D eigenvalue weighted by molar-refractivity contribution is -0.139. The van der Waals surface area contributed by atoms with Crippen molar-refractivity contribution in [3.63, 3.8) is 0 Å². The molecule has 1 aromatic heterocycles. The number of ether oxygens (including phenoxy) is 1. The molecule has 2 aliphatic heterocycles. The van der Waals surface area contributed by atoms with Crippen molar-refractivity contribution >= 4 is 15.9 Å². The molecular weight excluding hydrogens is 342 g/mol. The number of piperidine rings is 2. The van der Waals surface area contributed by atoms with Gasteiger partial charge >= 0.3 is 0 Å². The van der Waals surface area contributed by atoms with Gasteiger partial charge in [0.15, 0.2) is 0 Å². The highest BCUT2D eigenvalue weighted by molar-refractivity contribution is 7.88. The fourth-order valence-electron chi connectivity index (χ4n) is 3.54. The Morgan fingerprint density at radius 3 is 2.48 bits per heavy atom. The highest BCUT2D eigenvalue weighted by Gasteiger charge is 2.33. The number of aromatic nitrogens is 1. The third-order valence-electron chi connectivity index (χ3n) is 4.91.